The molecule has 0 radical (unpaired) electrons. The number of rotatable bonds is 6. The van der Waals surface area contributed by atoms with E-state index in [-0.39, 0.29) is 18.3 Å². The van der Waals surface area contributed by atoms with Crippen LogP contribution in [0.2, 0.25) is 0 Å². The molecule has 4 aromatic rings. The van der Waals surface area contributed by atoms with Crippen LogP contribution in [0, 0.1) is 0 Å². The van der Waals surface area contributed by atoms with E-state index in [0.717, 1.165) is 5.56 Å². The number of nitrogens with zero attached hydrogens (tertiary/aromatic N) is 4. The summed E-state index contributed by atoms with van der Waals surface area (Å²) in [6.07, 6.45) is -2.28. The van der Waals surface area contributed by atoms with E-state index < -0.39 is 24.5 Å². The molecule has 1 aliphatic rings. The Morgan fingerprint density at radius 2 is 1.79 bits per heavy atom. The lowest BCUT2D eigenvalue weighted by atomic mass is 9.97. The van der Waals surface area contributed by atoms with E-state index in [9.17, 15) is 18.7 Å². The van der Waals surface area contributed by atoms with Crippen LogP contribution in [0.15, 0.2) is 77.3 Å². The van der Waals surface area contributed by atoms with E-state index >= 15 is 0 Å². The van der Waals surface area contributed by atoms with E-state index in [2.05, 4.69) is 15.2 Å². The van der Waals surface area contributed by atoms with Crippen molar-refractivity contribution in [3.63, 3.8) is 0 Å². The first-order valence-electron chi connectivity index (χ1n) is 10.2. The summed E-state index contributed by atoms with van der Waals surface area (Å²) in [6.45, 7) is 0.256. The van der Waals surface area contributed by atoms with Gasteiger partial charge in [0, 0.05) is 23.9 Å². The number of hydrogen-bond donors (Lipinski definition) is 1. The van der Waals surface area contributed by atoms with Crippen molar-refractivity contribution in [2.45, 2.75) is 25.1 Å². The molecule has 166 valence electrons. The minimum Gasteiger partial charge on any atom is -0.415 e. The van der Waals surface area contributed by atoms with Gasteiger partial charge in [-0.3, -0.25) is 9.78 Å². The van der Waals surface area contributed by atoms with Gasteiger partial charge in [0.1, 0.15) is 12.1 Å². The number of aliphatic hydroxyl groups is 1. The standard InChI is InChI=1S/C24H18F2N4O3/c25-21(26)23-29-28-22(33-23)15-9-10-16-13-30(24(32)17(16)12-15)19(18-8-4-5-11-27-18)20(31)14-6-2-1-3-7-14/h1-12,19-21,31H,13H2/t19-,20-/m1/s1. The van der Waals surface area contributed by atoms with E-state index in [1.165, 1.54) is 0 Å². The van der Waals surface area contributed by atoms with E-state index in [0.29, 0.717) is 22.4 Å². The lowest BCUT2D eigenvalue weighted by Crippen LogP contribution is -2.34. The van der Waals surface area contributed by atoms with Crippen LogP contribution >= 0.6 is 0 Å². The summed E-state index contributed by atoms with van der Waals surface area (Å²) in [7, 11) is 0. The summed E-state index contributed by atoms with van der Waals surface area (Å²) in [5.74, 6) is -1.18. The number of carbonyl (C=O) groups excluding carboxylic acids is 1. The first-order valence-corrected chi connectivity index (χ1v) is 10.2. The third-order valence-electron chi connectivity index (χ3n) is 5.58. The molecule has 0 aliphatic carbocycles. The van der Waals surface area contributed by atoms with Gasteiger partial charge in [-0.15, -0.1) is 10.2 Å². The molecule has 1 aliphatic heterocycles. The Kier molecular flexibility index (Phi) is 5.39. The number of amides is 1. The van der Waals surface area contributed by atoms with Crippen molar-refractivity contribution in [3.8, 4) is 11.5 Å². The predicted molar refractivity (Wildman–Crippen MR) is 113 cm³/mol. The van der Waals surface area contributed by atoms with Gasteiger partial charge in [-0.05, 0) is 35.4 Å². The maximum absolute atomic E-state index is 13.4. The first-order chi connectivity index (χ1) is 16.0. The van der Waals surface area contributed by atoms with Gasteiger partial charge < -0.3 is 14.4 Å². The molecule has 0 saturated heterocycles. The number of aromatic nitrogens is 3. The third kappa shape index (κ3) is 3.87. The zero-order valence-electron chi connectivity index (χ0n) is 17.2. The largest absolute Gasteiger partial charge is 0.415 e. The van der Waals surface area contributed by atoms with Crippen molar-refractivity contribution < 1.29 is 23.1 Å². The van der Waals surface area contributed by atoms with Gasteiger partial charge in [-0.2, -0.15) is 8.78 Å². The van der Waals surface area contributed by atoms with Crippen LogP contribution in [0.5, 0.6) is 0 Å². The quantitative estimate of drug-likeness (QED) is 0.467. The van der Waals surface area contributed by atoms with Crippen LogP contribution in [0.4, 0.5) is 8.78 Å². The number of hydrogen-bond acceptors (Lipinski definition) is 6. The SMILES string of the molecule is O=C1c2cc(-c3nnc(C(F)F)o3)ccc2CN1[C@H](c1ccccn1)[C@H](O)c1ccccc1. The fourth-order valence-electron chi connectivity index (χ4n) is 4.00. The number of benzene rings is 2. The molecule has 9 heteroatoms. The van der Waals surface area contributed by atoms with Gasteiger partial charge in [0.2, 0.25) is 5.89 Å². The fourth-order valence-corrected chi connectivity index (χ4v) is 4.00. The van der Waals surface area contributed by atoms with Crippen LogP contribution in [0.3, 0.4) is 0 Å². The van der Waals surface area contributed by atoms with Crippen molar-refractivity contribution in [2.75, 3.05) is 0 Å². The van der Waals surface area contributed by atoms with Crippen molar-refractivity contribution >= 4 is 5.91 Å². The van der Waals surface area contributed by atoms with Gasteiger partial charge >= 0.3 is 6.43 Å². The van der Waals surface area contributed by atoms with Crippen LogP contribution in [0.1, 0.15) is 51.6 Å². The molecule has 2 aromatic heterocycles. The molecule has 2 atom stereocenters. The summed E-state index contributed by atoms with van der Waals surface area (Å²) in [4.78, 5) is 19.4. The van der Waals surface area contributed by atoms with Gasteiger partial charge in [0.05, 0.1) is 5.69 Å². The maximum Gasteiger partial charge on any atom is 0.314 e. The second-order valence-electron chi connectivity index (χ2n) is 7.61. The summed E-state index contributed by atoms with van der Waals surface area (Å²) in [6, 6.07) is 18.6. The highest BCUT2D eigenvalue weighted by Gasteiger charge is 2.38. The van der Waals surface area contributed by atoms with E-state index in [1.54, 1.807) is 59.6 Å². The van der Waals surface area contributed by atoms with Gasteiger partial charge in [-0.25, -0.2) is 0 Å². The Labute approximate surface area is 187 Å². The van der Waals surface area contributed by atoms with Gasteiger partial charge in [-0.1, -0.05) is 42.5 Å². The van der Waals surface area contributed by atoms with Gasteiger partial charge in [0.15, 0.2) is 0 Å². The Bertz CT molecular complexity index is 1280. The molecule has 1 amide bonds. The number of carbonyl (C=O) groups is 1. The van der Waals surface area contributed by atoms with Crippen molar-refractivity contribution in [2.24, 2.45) is 0 Å². The molecule has 0 unspecified atom stereocenters. The molecule has 0 spiro atoms. The normalized spacial score (nSPS) is 15.0. The van der Waals surface area contributed by atoms with Crippen LogP contribution in [-0.2, 0) is 6.54 Å². The zero-order valence-corrected chi connectivity index (χ0v) is 17.2. The Morgan fingerprint density at radius 1 is 1.00 bits per heavy atom. The third-order valence-corrected chi connectivity index (χ3v) is 5.58. The lowest BCUT2D eigenvalue weighted by molar-refractivity contribution is 0.0347. The summed E-state index contributed by atoms with van der Waals surface area (Å²) < 4.78 is 30.6. The molecule has 0 bridgehead atoms. The summed E-state index contributed by atoms with van der Waals surface area (Å²) in [5.41, 5.74) is 2.68. The summed E-state index contributed by atoms with van der Waals surface area (Å²) >= 11 is 0. The van der Waals surface area contributed by atoms with Crippen LogP contribution < -0.4 is 0 Å². The topological polar surface area (TPSA) is 92.4 Å². The Balaban J connectivity index is 1.50. The van der Waals surface area contributed by atoms with Crippen molar-refractivity contribution in [3.05, 3.63) is 101 Å². The molecule has 33 heavy (non-hydrogen) atoms. The molecular weight excluding hydrogens is 430 g/mol. The molecule has 1 N–H and O–H groups in total. The molecule has 7 nitrogen and oxygen atoms in total. The Morgan fingerprint density at radius 3 is 2.48 bits per heavy atom. The molecule has 0 saturated carbocycles. The summed E-state index contributed by atoms with van der Waals surface area (Å²) in [5, 5.41) is 18.2. The molecule has 2 aromatic carbocycles. The first kappa shape index (κ1) is 20.9. The molecule has 0 fully saturated rings. The van der Waals surface area contributed by atoms with Gasteiger partial charge in [0.25, 0.3) is 11.8 Å². The second-order valence-corrected chi connectivity index (χ2v) is 7.61. The second kappa shape index (κ2) is 8.51. The Hall–Kier alpha value is -3.98. The number of halogens is 2. The van der Waals surface area contributed by atoms with E-state index in [4.69, 9.17) is 4.42 Å². The van der Waals surface area contributed by atoms with Crippen LogP contribution in [-0.4, -0.2) is 31.1 Å². The number of aliphatic hydroxyl groups excluding tert-OH is 1. The average molecular weight is 448 g/mol. The fraction of sp³-hybridized carbons (Fsp3) is 0.167. The van der Waals surface area contributed by atoms with Crippen molar-refractivity contribution in [1.29, 1.82) is 0 Å². The average Bonchev–Trinajstić information content (AvgIpc) is 3.46. The minimum absolute atomic E-state index is 0.0926. The smallest absolute Gasteiger partial charge is 0.314 e. The highest BCUT2D eigenvalue weighted by Crippen LogP contribution is 2.39. The minimum atomic E-state index is -2.88. The van der Waals surface area contributed by atoms with Crippen molar-refractivity contribution in [1.82, 2.24) is 20.1 Å². The number of alkyl halides is 2. The monoisotopic (exact) mass is 448 g/mol. The van der Waals surface area contributed by atoms with Crippen LogP contribution in [0.25, 0.3) is 11.5 Å². The molecule has 3 heterocycles. The number of pyridine rings is 1. The highest BCUT2D eigenvalue weighted by atomic mass is 19.3. The van der Waals surface area contributed by atoms with E-state index in [1.807, 2.05) is 18.2 Å². The molecule has 5 rings (SSSR count). The predicted octanol–water partition coefficient (Wildman–Crippen LogP) is 4.50. The number of fused-ring (bicyclic) bond motifs is 1. The molecular formula is C24H18F2N4O3. The lowest BCUT2D eigenvalue weighted by Gasteiger charge is -2.31. The maximum atomic E-state index is 13.4. The highest BCUT2D eigenvalue weighted by molar-refractivity contribution is 5.99. The zero-order chi connectivity index (χ0) is 22.9.